The Labute approximate surface area is 139 Å². The molecule has 0 bridgehead atoms. The molecule has 2 N–H and O–H groups in total. The standard InChI is InChI=1S/C15H15Cl2N3S/c1-20(2)12-6-4-11(5-7-12)18-15(21)19-14-9-10(16)3-8-13(14)17/h3-9H,1-2H3,(H2,18,19,21). The Kier molecular flexibility index (Phi) is 5.28. The van der Waals surface area contributed by atoms with Gasteiger partial charge in [-0.15, -0.1) is 0 Å². The number of anilines is 3. The van der Waals surface area contributed by atoms with Gasteiger partial charge in [0.2, 0.25) is 0 Å². The number of hydrogen-bond acceptors (Lipinski definition) is 2. The summed E-state index contributed by atoms with van der Waals surface area (Å²) in [5.41, 5.74) is 2.69. The van der Waals surface area contributed by atoms with Crippen LogP contribution in [-0.2, 0) is 0 Å². The van der Waals surface area contributed by atoms with Crippen molar-refractivity contribution in [2.75, 3.05) is 29.6 Å². The number of nitrogens with one attached hydrogen (secondary N) is 2. The van der Waals surface area contributed by atoms with Crippen LogP contribution >= 0.6 is 35.4 Å². The molecular formula is C15H15Cl2N3S. The Balaban J connectivity index is 2.03. The summed E-state index contributed by atoms with van der Waals surface area (Å²) < 4.78 is 0. The Morgan fingerprint density at radius 3 is 2.29 bits per heavy atom. The van der Waals surface area contributed by atoms with Gasteiger partial charge in [0, 0.05) is 30.5 Å². The molecule has 2 rings (SSSR count). The zero-order valence-corrected chi connectivity index (χ0v) is 14.0. The van der Waals surface area contributed by atoms with Crippen molar-refractivity contribution in [3.05, 3.63) is 52.5 Å². The quantitative estimate of drug-likeness (QED) is 0.780. The maximum Gasteiger partial charge on any atom is 0.175 e. The van der Waals surface area contributed by atoms with Crippen LogP contribution in [0.4, 0.5) is 17.1 Å². The highest BCUT2D eigenvalue weighted by Crippen LogP contribution is 2.25. The van der Waals surface area contributed by atoms with Gasteiger partial charge in [0.25, 0.3) is 0 Å². The third-order valence-corrected chi connectivity index (χ3v) is 3.59. The molecule has 0 radical (unpaired) electrons. The van der Waals surface area contributed by atoms with Crippen molar-refractivity contribution >= 4 is 57.6 Å². The van der Waals surface area contributed by atoms with Crippen molar-refractivity contribution in [1.82, 2.24) is 0 Å². The van der Waals surface area contributed by atoms with Crippen molar-refractivity contribution in [3.8, 4) is 0 Å². The minimum absolute atomic E-state index is 0.455. The zero-order chi connectivity index (χ0) is 15.4. The fourth-order valence-corrected chi connectivity index (χ4v) is 2.29. The summed E-state index contributed by atoms with van der Waals surface area (Å²) in [6.07, 6.45) is 0. The fraction of sp³-hybridized carbons (Fsp3) is 0.133. The second-order valence-electron chi connectivity index (χ2n) is 4.64. The highest BCUT2D eigenvalue weighted by atomic mass is 35.5. The molecule has 0 saturated heterocycles. The molecule has 0 heterocycles. The van der Waals surface area contributed by atoms with Gasteiger partial charge in [-0.1, -0.05) is 23.2 Å². The molecule has 0 aromatic heterocycles. The number of halogens is 2. The van der Waals surface area contributed by atoms with Gasteiger partial charge in [-0.3, -0.25) is 0 Å². The first-order valence-electron chi connectivity index (χ1n) is 6.26. The summed E-state index contributed by atoms with van der Waals surface area (Å²) in [4.78, 5) is 2.03. The molecule has 2 aromatic carbocycles. The summed E-state index contributed by atoms with van der Waals surface area (Å²) in [5, 5.41) is 7.75. The van der Waals surface area contributed by atoms with E-state index in [2.05, 4.69) is 10.6 Å². The maximum atomic E-state index is 6.08. The van der Waals surface area contributed by atoms with Crippen molar-refractivity contribution in [1.29, 1.82) is 0 Å². The van der Waals surface area contributed by atoms with Gasteiger partial charge in [0.05, 0.1) is 10.7 Å². The van der Waals surface area contributed by atoms with Crippen molar-refractivity contribution in [3.63, 3.8) is 0 Å². The van der Waals surface area contributed by atoms with Crippen LogP contribution in [0.1, 0.15) is 0 Å². The minimum Gasteiger partial charge on any atom is -0.378 e. The van der Waals surface area contributed by atoms with Gasteiger partial charge in [-0.25, -0.2) is 0 Å². The molecule has 0 spiro atoms. The first-order chi connectivity index (χ1) is 9.95. The third kappa shape index (κ3) is 4.49. The summed E-state index contributed by atoms with van der Waals surface area (Å²) in [5.74, 6) is 0. The van der Waals surface area contributed by atoms with Crippen LogP contribution in [-0.4, -0.2) is 19.2 Å². The van der Waals surface area contributed by atoms with E-state index in [9.17, 15) is 0 Å². The Morgan fingerprint density at radius 2 is 1.67 bits per heavy atom. The molecule has 110 valence electrons. The van der Waals surface area contributed by atoms with Crippen LogP contribution < -0.4 is 15.5 Å². The lowest BCUT2D eigenvalue weighted by Gasteiger charge is -2.15. The zero-order valence-electron chi connectivity index (χ0n) is 11.7. The van der Waals surface area contributed by atoms with E-state index >= 15 is 0 Å². The molecule has 0 amide bonds. The van der Waals surface area contributed by atoms with Crippen LogP contribution in [0.15, 0.2) is 42.5 Å². The molecule has 0 saturated carbocycles. The van der Waals surface area contributed by atoms with E-state index in [-0.39, 0.29) is 0 Å². The van der Waals surface area contributed by atoms with E-state index < -0.39 is 0 Å². The molecule has 0 fully saturated rings. The Morgan fingerprint density at radius 1 is 1.00 bits per heavy atom. The fourth-order valence-electron chi connectivity index (χ4n) is 1.72. The van der Waals surface area contributed by atoms with E-state index in [4.69, 9.17) is 35.4 Å². The second kappa shape index (κ2) is 6.98. The predicted octanol–water partition coefficient (Wildman–Crippen LogP) is 4.87. The lowest BCUT2D eigenvalue weighted by Crippen LogP contribution is -2.19. The molecule has 0 unspecified atom stereocenters. The van der Waals surface area contributed by atoms with Gasteiger partial charge >= 0.3 is 0 Å². The number of nitrogens with zero attached hydrogens (tertiary/aromatic N) is 1. The number of benzene rings is 2. The highest BCUT2D eigenvalue weighted by Gasteiger charge is 2.04. The van der Waals surface area contributed by atoms with Crippen LogP contribution in [0.2, 0.25) is 10.0 Å². The van der Waals surface area contributed by atoms with E-state index in [1.807, 2.05) is 43.3 Å². The Hall–Kier alpha value is -1.49. The average Bonchev–Trinajstić information content (AvgIpc) is 2.43. The molecular weight excluding hydrogens is 325 g/mol. The van der Waals surface area contributed by atoms with Crippen molar-refractivity contribution in [2.24, 2.45) is 0 Å². The molecule has 6 heteroatoms. The van der Waals surface area contributed by atoms with Crippen LogP contribution in [0, 0.1) is 0 Å². The normalized spacial score (nSPS) is 10.1. The van der Waals surface area contributed by atoms with E-state index in [0.717, 1.165) is 11.4 Å². The molecule has 0 aliphatic rings. The predicted molar refractivity (Wildman–Crippen MR) is 97.1 cm³/mol. The van der Waals surface area contributed by atoms with Crippen LogP contribution in [0.5, 0.6) is 0 Å². The summed E-state index contributed by atoms with van der Waals surface area (Å²) in [7, 11) is 3.99. The Bertz CT molecular complexity index is 642. The van der Waals surface area contributed by atoms with Gasteiger partial charge in [-0.2, -0.15) is 0 Å². The van der Waals surface area contributed by atoms with E-state index in [0.29, 0.717) is 20.8 Å². The largest absolute Gasteiger partial charge is 0.378 e. The van der Waals surface area contributed by atoms with Crippen molar-refractivity contribution in [2.45, 2.75) is 0 Å². The summed E-state index contributed by atoms with van der Waals surface area (Å²) in [6.45, 7) is 0. The lowest BCUT2D eigenvalue weighted by atomic mass is 10.2. The third-order valence-electron chi connectivity index (χ3n) is 2.82. The second-order valence-corrected chi connectivity index (χ2v) is 5.90. The smallest absolute Gasteiger partial charge is 0.175 e. The van der Waals surface area contributed by atoms with Gasteiger partial charge in [-0.05, 0) is 54.7 Å². The van der Waals surface area contributed by atoms with Crippen LogP contribution in [0.25, 0.3) is 0 Å². The van der Waals surface area contributed by atoms with E-state index in [1.165, 1.54) is 0 Å². The minimum atomic E-state index is 0.455. The molecule has 2 aromatic rings. The molecule has 0 aliphatic carbocycles. The van der Waals surface area contributed by atoms with E-state index in [1.54, 1.807) is 18.2 Å². The van der Waals surface area contributed by atoms with Gasteiger partial charge in [0.1, 0.15) is 0 Å². The lowest BCUT2D eigenvalue weighted by molar-refractivity contribution is 1.13. The number of thiocarbonyl (C=S) groups is 1. The summed E-state index contributed by atoms with van der Waals surface area (Å²) in [6, 6.07) is 13.1. The topological polar surface area (TPSA) is 27.3 Å². The van der Waals surface area contributed by atoms with Gasteiger partial charge < -0.3 is 15.5 Å². The maximum absolute atomic E-state index is 6.08. The molecule has 0 atom stereocenters. The van der Waals surface area contributed by atoms with Gasteiger partial charge in [0.15, 0.2) is 5.11 Å². The van der Waals surface area contributed by atoms with Crippen molar-refractivity contribution < 1.29 is 0 Å². The first-order valence-corrected chi connectivity index (χ1v) is 7.42. The SMILES string of the molecule is CN(C)c1ccc(NC(=S)Nc2cc(Cl)ccc2Cl)cc1. The molecule has 3 nitrogen and oxygen atoms in total. The first kappa shape index (κ1) is 15.9. The number of hydrogen-bond donors (Lipinski definition) is 2. The monoisotopic (exact) mass is 339 g/mol. The molecule has 21 heavy (non-hydrogen) atoms. The highest BCUT2D eigenvalue weighted by molar-refractivity contribution is 7.80. The molecule has 0 aliphatic heterocycles. The number of rotatable bonds is 3. The summed E-state index contributed by atoms with van der Waals surface area (Å²) >= 11 is 17.3. The van der Waals surface area contributed by atoms with Crippen LogP contribution in [0.3, 0.4) is 0 Å². The average molecular weight is 340 g/mol.